The van der Waals surface area contributed by atoms with Crippen LogP contribution in [0, 0.1) is 0 Å². The predicted octanol–water partition coefficient (Wildman–Crippen LogP) is 5.01. The van der Waals surface area contributed by atoms with Gasteiger partial charge in [0.1, 0.15) is 12.2 Å². The first-order valence-electron chi connectivity index (χ1n) is 12.0. The maximum absolute atomic E-state index is 13.0. The molecule has 2 aromatic rings. The van der Waals surface area contributed by atoms with E-state index < -0.39 is 41.0 Å². The van der Waals surface area contributed by atoms with E-state index in [1.165, 1.54) is 24.3 Å². The number of benzene rings is 1. The highest BCUT2D eigenvalue weighted by Gasteiger charge is 2.37. The summed E-state index contributed by atoms with van der Waals surface area (Å²) in [7, 11) is 1.57. The summed E-state index contributed by atoms with van der Waals surface area (Å²) in [5.74, 6) is 1.08. The van der Waals surface area contributed by atoms with Crippen LogP contribution in [0.1, 0.15) is 51.6 Å². The van der Waals surface area contributed by atoms with Gasteiger partial charge in [-0.05, 0) is 61.6 Å². The van der Waals surface area contributed by atoms with E-state index >= 15 is 0 Å². The first-order chi connectivity index (χ1) is 18.7. The third-order valence-corrected chi connectivity index (χ3v) is 6.76. The molecule has 0 saturated carbocycles. The van der Waals surface area contributed by atoms with Crippen molar-refractivity contribution in [3.05, 3.63) is 58.8 Å². The van der Waals surface area contributed by atoms with E-state index in [0.717, 1.165) is 30.7 Å². The lowest BCUT2D eigenvalue weighted by atomic mass is 10.0. The Morgan fingerprint density at radius 3 is 2.20 bits per heavy atom. The fourth-order valence-electron chi connectivity index (χ4n) is 3.57. The van der Waals surface area contributed by atoms with Crippen LogP contribution in [0.5, 0.6) is 0 Å². The number of aromatic nitrogens is 1. The van der Waals surface area contributed by atoms with Crippen LogP contribution in [-0.4, -0.2) is 60.0 Å². The molecule has 0 bridgehead atoms. The van der Waals surface area contributed by atoms with Crippen molar-refractivity contribution in [2.24, 2.45) is 10.1 Å². The lowest BCUT2D eigenvalue weighted by molar-refractivity contribution is -0.143. The van der Waals surface area contributed by atoms with Gasteiger partial charge in [0.2, 0.25) is 0 Å². The molecular formula is C25H26F6N6O2S. The number of hydrazone groups is 1. The number of alkyl halides is 6. The molecule has 1 aromatic carbocycles. The van der Waals surface area contributed by atoms with E-state index in [0.29, 0.717) is 23.5 Å². The standard InChI is InChI=1S/C25H26F6N6O2S/c1-15(35-23(39)17-9-18(24(26,27)28)11-19(10-17)25(29,30)31)12-32-14-34-37(2)21-4-3-16(13-33-21)22(38)36-20-5-7-40-8-6-20/h3-4,9-15,20H,5-8H2,1-2H3,(H,35,39)(H,36,38)/b32-12?,34-14-/t15-/m0/s1. The molecule has 2 amide bonds. The third-order valence-electron chi connectivity index (χ3n) is 5.71. The Hall–Kier alpha value is -3.62. The molecule has 1 saturated heterocycles. The van der Waals surface area contributed by atoms with Crippen molar-refractivity contribution < 1.29 is 35.9 Å². The van der Waals surface area contributed by atoms with Gasteiger partial charge in [0, 0.05) is 31.1 Å². The third kappa shape index (κ3) is 8.96. The van der Waals surface area contributed by atoms with Gasteiger partial charge in [-0.2, -0.15) is 43.2 Å². The summed E-state index contributed by atoms with van der Waals surface area (Å²) in [6.45, 7) is 1.43. The summed E-state index contributed by atoms with van der Waals surface area (Å²) in [6, 6.07) is 3.15. The minimum absolute atomic E-state index is 0.0530. The van der Waals surface area contributed by atoms with E-state index in [-0.39, 0.29) is 18.0 Å². The molecule has 8 nitrogen and oxygen atoms in total. The maximum atomic E-state index is 13.0. The largest absolute Gasteiger partial charge is 0.416 e. The van der Waals surface area contributed by atoms with Crippen LogP contribution in [-0.2, 0) is 12.4 Å². The first-order valence-corrected chi connectivity index (χ1v) is 13.1. The molecular weight excluding hydrogens is 562 g/mol. The van der Waals surface area contributed by atoms with E-state index in [9.17, 15) is 35.9 Å². The van der Waals surface area contributed by atoms with Gasteiger partial charge in [0.15, 0.2) is 0 Å². The molecule has 3 rings (SSSR count). The second-order valence-corrected chi connectivity index (χ2v) is 10.1. The van der Waals surface area contributed by atoms with Crippen LogP contribution >= 0.6 is 11.8 Å². The number of aliphatic imine (C=N–C) groups is 1. The van der Waals surface area contributed by atoms with E-state index in [1.54, 1.807) is 19.2 Å². The van der Waals surface area contributed by atoms with Crippen molar-refractivity contribution in [1.82, 2.24) is 15.6 Å². The number of carbonyl (C=O) groups excluding carboxylic acids is 2. The zero-order valence-electron chi connectivity index (χ0n) is 21.4. The molecule has 15 heteroatoms. The highest BCUT2D eigenvalue weighted by atomic mass is 32.2. The maximum Gasteiger partial charge on any atom is 0.416 e. The smallest absolute Gasteiger partial charge is 0.349 e. The number of rotatable bonds is 8. The summed E-state index contributed by atoms with van der Waals surface area (Å²) < 4.78 is 78.2. The Kier molecular flexibility index (Phi) is 10.2. The van der Waals surface area contributed by atoms with Gasteiger partial charge in [-0.3, -0.25) is 9.59 Å². The second-order valence-electron chi connectivity index (χ2n) is 8.87. The highest BCUT2D eigenvalue weighted by Crippen LogP contribution is 2.36. The minimum atomic E-state index is -5.07. The molecule has 0 radical (unpaired) electrons. The molecule has 1 aliphatic heterocycles. The Balaban J connectivity index is 1.56. The van der Waals surface area contributed by atoms with Crippen molar-refractivity contribution >= 4 is 41.9 Å². The number of pyridine rings is 1. The molecule has 2 N–H and O–H groups in total. The number of carbonyl (C=O) groups is 2. The number of hydrogen-bond acceptors (Lipinski definition) is 6. The van der Waals surface area contributed by atoms with Crippen molar-refractivity contribution in [2.45, 2.75) is 44.2 Å². The Morgan fingerprint density at radius 1 is 1.02 bits per heavy atom. The van der Waals surface area contributed by atoms with Crippen LogP contribution in [0.4, 0.5) is 32.2 Å². The monoisotopic (exact) mass is 588 g/mol. The molecule has 1 aliphatic rings. The number of hydrogen-bond donors (Lipinski definition) is 2. The van der Waals surface area contributed by atoms with Gasteiger partial charge in [-0.25, -0.2) is 15.0 Å². The number of amides is 2. The Morgan fingerprint density at radius 2 is 1.65 bits per heavy atom. The number of nitrogens with one attached hydrogen (secondary N) is 2. The van der Waals surface area contributed by atoms with Gasteiger partial charge >= 0.3 is 12.4 Å². The second kappa shape index (κ2) is 13.2. The van der Waals surface area contributed by atoms with Crippen LogP contribution in [0.15, 0.2) is 46.6 Å². The Labute approximate surface area is 230 Å². The average molecular weight is 589 g/mol. The van der Waals surface area contributed by atoms with E-state index in [2.05, 4.69) is 25.7 Å². The van der Waals surface area contributed by atoms with Crippen molar-refractivity contribution in [3.8, 4) is 0 Å². The Bertz CT molecular complexity index is 1210. The number of thioether (sulfide) groups is 1. The van der Waals surface area contributed by atoms with Gasteiger partial charge in [0.25, 0.3) is 11.8 Å². The van der Waals surface area contributed by atoms with Gasteiger partial charge in [0.05, 0.1) is 22.7 Å². The summed E-state index contributed by atoms with van der Waals surface area (Å²) in [6.07, 6.45) is -4.56. The van der Waals surface area contributed by atoms with Gasteiger partial charge < -0.3 is 10.6 Å². The molecule has 216 valence electrons. The van der Waals surface area contributed by atoms with Crippen molar-refractivity contribution in [2.75, 3.05) is 23.6 Å². The molecule has 0 unspecified atom stereocenters. The number of nitrogens with zero attached hydrogens (tertiary/aromatic N) is 4. The SMILES string of the molecule is C[C@@H](C=N/C=N\N(C)c1ccc(C(=O)NC2CCSCC2)cn1)NC(=O)c1cc(C(F)(F)F)cc(C(F)(F)F)c1. The van der Waals surface area contributed by atoms with Crippen LogP contribution in [0.3, 0.4) is 0 Å². The quantitative estimate of drug-likeness (QED) is 0.196. The van der Waals surface area contributed by atoms with E-state index in [4.69, 9.17) is 0 Å². The zero-order chi connectivity index (χ0) is 29.5. The van der Waals surface area contributed by atoms with Gasteiger partial charge in [-0.15, -0.1) is 0 Å². The lowest BCUT2D eigenvalue weighted by Crippen LogP contribution is -2.37. The summed E-state index contributed by atoms with van der Waals surface area (Å²) >= 11 is 1.86. The predicted molar refractivity (Wildman–Crippen MR) is 141 cm³/mol. The van der Waals surface area contributed by atoms with Crippen LogP contribution < -0.4 is 15.6 Å². The van der Waals surface area contributed by atoms with Crippen molar-refractivity contribution in [1.29, 1.82) is 0 Å². The van der Waals surface area contributed by atoms with Crippen LogP contribution in [0.25, 0.3) is 0 Å². The minimum Gasteiger partial charge on any atom is -0.349 e. The fourth-order valence-corrected chi connectivity index (χ4v) is 4.68. The lowest BCUT2D eigenvalue weighted by Gasteiger charge is -2.22. The molecule has 1 fully saturated rings. The first kappa shape index (κ1) is 30.9. The van der Waals surface area contributed by atoms with Gasteiger partial charge in [-0.1, -0.05) is 0 Å². The summed E-state index contributed by atoms with van der Waals surface area (Å²) in [5.41, 5.74) is -3.56. The molecule has 40 heavy (non-hydrogen) atoms. The summed E-state index contributed by atoms with van der Waals surface area (Å²) in [4.78, 5) is 32.8. The number of anilines is 1. The highest BCUT2D eigenvalue weighted by molar-refractivity contribution is 7.99. The molecule has 1 aromatic heterocycles. The number of halogens is 6. The normalized spacial score (nSPS) is 15.8. The van der Waals surface area contributed by atoms with Crippen molar-refractivity contribution in [3.63, 3.8) is 0 Å². The molecule has 0 spiro atoms. The fraction of sp³-hybridized carbons (Fsp3) is 0.400. The average Bonchev–Trinajstić information content (AvgIpc) is 2.90. The molecule has 2 heterocycles. The van der Waals surface area contributed by atoms with Crippen LogP contribution in [0.2, 0.25) is 0 Å². The van der Waals surface area contributed by atoms with E-state index in [1.807, 2.05) is 11.8 Å². The zero-order valence-corrected chi connectivity index (χ0v) is 22.2. The molecule has 1 atom stereocenters. The molecule has 0 aliphatic carbocycles. The topological polar surface area (TPSA) is 99.1 Å². The summed E-state index contributed by atoms with van der Waals surface area (Å²) in [5, 5.41) is 10.7.